The van der Waals surface area contributed by atoms with Crippen molar-refractivity contribution in [3.05, 3.63) is 0 Å². The second-order valence-corrected chi connectivity index (χ2v) is 11.3. The van der Waals surface area contributed by atoms with Crippen LogP contribution in [0.1, 0.15) is 52.9 Å². The Kier molecular flexibility index (Phi) is 5.86. The third-order valence-electron chi connectivity index (χ3n) is 4.87. The number of thioether (sulfide) groups is 1. The maximum Gasteiger partial charge on any atom is 0.230 e. The lowest BCUT2D eigenvalue weighted by molar-refractivity contribution is -0.120. The summed E-state index contributed by atoms with van der Waals surface area (Å²) in [6, 6.07) is 0.272. The van der Waals surface area contributed by atoms with E-state index in [2.05, 4.69) is 26.1 Å². The SMILES string of the molecule is CC(C)(C)[C@@H]1CCCC[C@@H]1NC(=O)CS[C@@H]1CCS(=O)(=O)C1. The average Bonchev–Trinajstić information content (AvgIpc) is 2.75. The smallest absolute Gasteiger partial charge is 0.230 e. The minimum Gasteiger partial charge on any atom is -0.352 e. The summed E-state index contributed by atoms with van der Waals surface area (Å²) in [5.74, 6) is 1.49. The van der Waals surface area contributed by atoms with E-state index in [4.69, 9.17) is 0 Å². The van der Waals surface area contributed by atoms with E-state index in [-0.39, 0.29) is 34.1 Å². The van der Waals surface area contributed by atoms with E-state index >= 15 is 0 Å². The van der Waals surface area contributed by atoms with Crippen molar-refractivity contribution in [1.29, 1.82) is 0 Å². The zero-order valence-electron chi connectivity index (χ0n) is 13.9. The summed E-state index contributed by atoms with van der Waals surface area (Å²) < 4.78 is 22.9. The van der Waals surface area contributed by atoms with Gasteiger partial charge in [-0.1, -0.05) is 33.6 Å². The number of carbonyl (C=O) groups excluding carboxylic acids is 1. The maximum atomic E-state index is 12.2. The van der Waals surface area contributed by atoms with Crippen LogP contribution in [-0.2, 0) is 14.6 Å². The standard InChI is InChI=1S/C16H29NO3S2/c1-16(2,3)13-6-4-5-7-14(13)17-15(18)10-21-12-8-9-22(19,20)11-12/h12-14H,4-11H2,1-3H3,(H,17,18)/t12-,13-,14+/m1/s1. The number of rotatable bonds is 4. The van der Waals surface area contributed by atoms with E-state index in [1.54, 1.807) is 0 Å². The lowest BCUT2D eigenvalue weighted by atomic mass is 9.69. The van der Waals surface area contributed by atoms with Crippen molar-refractivity contribution in [2.45, 2.75) is 64.2 Å². The van der Waals surface area contributed by atoms with Gasteiger partial charge in [0.2, 0.25) is 5.91 Å². The van der Waals surface area contributed by atoms with Gasteiger partial charge in [-0.05, 0) is 30.6 Å². The highest BCUT2D eigenvalue weighted by molar-refractivity contribution is 8.02. The molecule has 0 spiro atoms. The van der Waals surface area contributed by atoms with Crippen LogP contribution in [0.4, 0.5) is 0 Å². The minimum absolute atomic E-state index is 0.0652. The Morgan fingerprint density at radius 1 is 1.18 bits per heavy atom. The van der Waals surface area contributed by atoms with Gasteiger partial charge in [0.1, 0.15) is 0 Å². The highest BCUT2D eigenvalue weighted by Gasteiger charge is 2.35. The lowest BCUT2D eigenvalue weighted by Gasteiger charge is -2.40. The molecule has 0 bridgehead atoms. The predicted octanol–water partition coefficient (Wildman–Crippen LogP) is 2.63. The molecule has 1 saturated carbocycles. The van der Waals surface area contributed by atoms with Crippen LogP contribution in [0.5, 0.6) is 0 Å². The van der Waals surface area contributed by atoms with Crippen LogP contribution < -0.4 is 5.32 Å². The van der Waals surface area contributed by atoms with E-state index < -0.39 is 9.84 Å². The zero-order chi connectivity index (χ0) is 16.4. The van der Waals surface area contributed by atoms with Gasteiger partial charge in [-0.15, -0.1) is 11.8 Å². The summed E-state index contributed by atoms with van der Waals surface area (Å²) in [5.41, 5.74) is 0.213. The number of carbonyl (C=O) groups is 1. The van der Waals surface area contributed by atoms with Gasteiger partial charge in [0.05, 0.1) is 17.3 Å². The van der Waals surface area contributed by atoms with Gasteiger partial charge in [-0.2, -0.15) is 0 Å². The average molecular weight is 348 g/mol. The minimum atomic E-state index is -2.85. The number of hydrogen-bond acceptors (Lipinski definition) is 4. The molecule has 0 aromatic carbocycles. The largest absolute Gasteiger partial charge is 0.352 e. The Bertz CT molecular complexity index is 496. The molecular formula is C16H29NO3S2. The van der Waals surface area contributed by atoms with Crippen LogP contribution in [0.25, 0.3) is 0 Å². The van der Waals surface area contributed by atoms with E-state index in [0.29, 0.717) is 18.1 Å². The van der Waals surface area contributed by atoms with Crippen molar-refractivity contribution in [3.63, 3.8) is 0 Å². The monoisotopic (exact) mass is 347 g/mol. The van der Waals surface area contributed by atoms with E-state index in [9.17, 15) is 13.2 Å². The zero-order valence-corrected chi connectivity index (χ0v) is 15.6. The van der Waals surface area contributed by atoms with Crippen molar-refractivity contribution in [2.75, 3.05) is 17.3 Å². The van der Waals surface area contributed by atoms with Crippen LogP contribution in [0.3, 0.4) is 0 Å². The third kappa shape index (κ3) is 5.15. The summed E-state index contributed by atoms with van der Waals surface area (Å²) in [6.45, 7) is 6.75. The Labute approximate surface area is 139 Å². The molecule has 2 fully saturated rings. The molecule has 1 aliphatic carbocycles. The molecule has 6 heteroatoms. The number of sulfone groups is 1. The van der Waals surface area contributed by atoms with Gasteiger partial charge in [0.25, 0.3) is 0 Å². The molecule has 0 aromatic heterocycles. The van der Waals surface area contributed by atoms with Crippen LogP contribution >= 0.6 is 11.8 Å². The van der Waals surface area contributed by atoms with Gasteiger partial charge < -0.3 is 5.32 Å². The van der Waals surface area contributed by atoms with Crippen molar-refractivity contribution >= 4 is 27.5 Å². The quantitative estimate of drug-likeness (QED) is 0.849. The summed E-state index contributed by atoms with van der Waals surface area (Å²) in [5, 5.41) is 3.31. The fraction of sp³-hybridized carbons (Fsp3) is 0.938. The summed E-state index contributed by atoms with van der Waals surface area (Å²) >= 11 is 1.50. The first-order valence-corrected chi connectivity index (χ1v) is 11.2. The molecule has 3 atom stereocenters. The van der Waals surface area contributed by atoms with Crippen molar-refractivity contribution in [1.82, 2.24) is 5.32 Å². The molecule has 22 heavy (non-hydrogen) atoms. The first-order valence-electron chi connectivity index (χ1n) is 8.29. The molecule has 0 unspecified atom stereocenters. The normalized spacial score (nSPS) is 31.9. The number of amides is 1. The molecule has 1 heterocycles. The van der Waals surface area contributed by atoms with Crippen LogP contribution in [0.2, 0.25) is 0 Å². The number of hydrogen-bond donors (Lipinski definition) is 1. The van der Waals surface area contributed by atoms with Crippen LogP contribution in [0, 0.1) is 11.3 Å². The second kappa shape index (κ2) is 7.12. The van der Waals surface area contributed by atoms with E-state index in [1.165, 1.54) is 31.0 Å². The molecule has 1 aliphatic heterocycles. The van der Waals surface area contributed by atoms with Gasteiger partial charge in [-0.25, -0.2) is 8.42 Å². The van der Waals surface area contributed by atoms with Crippen LogP contribution in [-0.4, -0.2) is 42.9 Å². The fourth-order valence-electron chi connectivity index (χ4n) is 3.67. The summed E-state index contributed by atoms with van der Waals surface area (Å²) in [4.78, 5) is 12.2. The Morgan fingerprint density at radius 2 is 1.86 bits per heavy atom. The van der Waals surface area contributed by atoms with E-state index in [0.717, 1.165) is 6.42 Å². The second-order valence-electron chi connectivity index (χ2n) is 7.77. The topological polar surface area (TPSA) is 63.2 Å². The molecule has 1 saturated heterocycles. The molecule has 0 radical (unpaired) electrons. The highest BCUT2D eigenvalue weighted by atomic mass is 32.2. The summed E-state index contributed by atoms with van der Waals surface area (Å²) in [6.07, 6.45) is 5.38. The molecule has 2 aliphatic rings. The van der Waals surface area contributed by atoms with Gasteiger partial charge in [0, 0.05) is 11.3 Å². The van der Waals surface area contributed by atoms with Gasteiger partial charge in [0.15, 0.2) is 9.84 Å². The van der Waals surface area contributed by atoms with Crippen molar-refractivity contribution in [3.8, 4) is 0 Å². The van der Waals surface area contributed by atoms with Crippen LogP contribution in [0.15, 0.2) is 0 Å². The third-order valence-corrected chi connectivity index (χ3v) is 8.15. The molecule has 0 aromatic rings. The fourth-order valence-corrected chi connectivity index (χ4v) is 7.13. The lowest BCUT2D eigenvalue weighted by Crippen LogP contribution is -2.47. The van der Waals surface area contributed by atoms with Gasteiger partial charge >= 0.3 is 0 Å². The Morgan fingerprint density at radius 3 is 2.45 bits per heavy atom. The first kappa shape index (κ1) is 18.1. The molecular weight excluding hydrogens is 318 g/mol. The molecule has 128 valence electrons. The Balaban J connectivity index is 1.80. The first-order chi connectivity index (χ1) is 10.2. The van der Waals surface area contributed by atoms with E-state index in [1.807, 2.05) is 0 Å². The summed E-state index contributed by atoms with van der Waals surface area (Å²) in [7, 11) is -2.85. The molecule has 4 nitrogen and oxygen atoms in total. The molecule has 1 amide bonds. The van der Waals surface area contributed by atoms with Crippen molar-refractivity contribution < 1.29 is 13.2 Å². The van der Waals surface area contributed by atoms with Crippen molar-refractivity contribution in [2.24, 2.45) is 11.3 Å². The Hall–Kier alpha value is -0.230. The highest BCUT2D eigenvalue weighted by Crippen LogP contribution is 2.38. The number of nitrogens with one attached hydrogen (secondary N) is 1. The molecule has 2 rings (SSSR count). The predicted molar refractivity (Wildman–Crippen MR) is 92.9 cm³/mol. The maximum absolute atomic E-state index is 12.2. The molecule has 1 N–H and O–H groups in total. The van der Waals surface area contributed by atoms with Gasteiger partial charge in [-0.3, -0.25) is 4.79 Å².